The van der Waals surface area contributed by atoms with Gasteiger partial charge >= 0.3 is 0 Å². The number of nitrogens with two attached hydrogens (primary N) is 1. The van der Waals surface area contributed by atoms with Gasteiger partial charge in [0.25, 0.3) is 5.91 Å². The van der Waals surface area contributed by atoms with Gasteiger partial charge in [0.2, 0.25) is 0 Å². The fourth-order valence-electron chi connectivity index (χ4n) is 1.56. The number of benzene rings is 1. The van der Waals surface area contributed by atoms with E-state index in [1.165, 1.54) is 0 Å². The molecular weight excluding hydrogens is 190 g/mol. The van der Waals surface area contributed by atoms with Crippen molar-refractivity contribution in [2.24, 2.45) is 10.5 Å². The van der Waals surface area contributed by atoms with Gasteiger partial charge in [-0.3, -0.25) is 4.79 Å². The second-order valence-corrected chi connectivity index (χ2v) is 4.15. The quantitative estimate of drug-likeness (QED) is 0.672. The molecule has 3 N–H and O–H groups in total. The lowest BCUT2D eigenvalue weighted by atomic mass is 9.84. The van der Waals surface area contributed by atoms with Gasteiger partial charge in [-0.25, -0.2) is 5.43 Å². The third-order valence-corrected chi connectivity index (χ3v) is 2.61. The van der Waals surface area contributed by atoms with E-state index in [-0.39, 0.29) is 5.91 Å². The van der Waals surface area contributed by atoms with Gasteiger partial charge in [-0.15, -0.1) is 0 Å². The van der Waals surface area contributed by atoms with Crippen LogP contribution in [-0.2, 0) is 4.79 Å². The maximum absolute atomic E-state index is 11.5. The molecule has 0 radical (unpaired) electrons. The molecule has 0 aromatic heterocycles. The monoisotopic (exact) mass is 203 g/mol. The minimum absolute atomic E-state index is 0.0747. The Morgan fingerprint density at radius 2 is 1.87 bits per heavy atom. The molecule has 4 heteroatoms. The number of hydrogen-bond donors (Lipinski definition) is 2. The van der Waals surface area contributed by atoms with Crippen molar-refractivity contribution in [1.29, 1.82) is 0 Å². The summed E-state index contributed by atoms with van der Waals surface area (Å²) in [5, 5.41) is 4.05. The Balaban J connectivity index is 2.41. The number of rotatable bonds is 1. The van der Waals surface area contributed by atoms with Crippen LogP contribution in [0.2, 0.25) is 0 Å². The fourth-order valence-corrected chi connectivity index (χ4v) is 1.56. The zero-order chi connectivity index (χ0) is 11.1. The minimum atomic E-state index is -0.573. The number of amides is 1. The van der Waals surface area contributed by atoms with E-state index < -0.39 is 5.41 Å². The third-order valence-electron chi connectivity index (χ3n) is 2.61. The molecule has 1 aromatic carbocycles. The van der Waals surface area contributed by atoms with E-state index in [2.05, 4.69) is 10.5 Å². The van der Waals surface area contributed by atoms with Crippen molar-refractivity contribution in [2.45, 2.75) is 13.8 Å². The van der Waals surface area contributed by atoms with E-state index in [0.29, 0.717) is 5.69 Å². The summed E-state index contributed by atoms with van der Waals surface area (Å²) in [6.45, 7) is 3.70. The smallest absolute Gasteiger partial charge is 0.251 e. The highest BCUT2D eigenvalue weighted by Gasteiger charge is 2.38. The van der Waals surface area contributed by atoms with Crippen LogP contribution in [0.4, 0.5) is 5.69 Å². The lowest BCUT2D eigenvalue weighted by molar-refractivity contribution is -0.125. The molecule has 2 rings (SSSR count). The highest BCUT2D eigenvalue weighted by Crippen LogP contribution is 2.27. The highest BCUT2D eigenvalue weighted by molar-refractivity contribution is 6.19. The first-order valence-corrected chi connectivity index (χ1v) is 4.76. The van der Waals surface area contributed by atoms with Gasteiger partial charge in [-0.1, -0.05) is 12.1 Å². The van der Waals surface area contributed by atoms with Crippen LogP contribution in [0, 0.1) is 5.41 Å². The molecule has 0 aliphatic carbocycles. The molecule has 0 fully saturated rings. The lowest BCUT2D eigenvalue weighted by Gasteiger charge is -2.16. The van der Waals surface area contributed by atoms with Crippen LogP contribution in [0.1, 0.15) is 19.4 Å². The SMILES string of the molecule is CC1(C)C(=O)NN=C1c1ccc(N)cc1. The standard InChI is InChI=1S/C11H13N3O/c1-11(2)9(13-14-10(11)15)7-3-5-8(12)6-4-7/h3-6H,12H2,1-2H3,(H,14,15). The second-order valence-electron chi connectivity index (χ2n) is 4.15. The van der Waals surface area contributed by atoms with E-state index in [4.69, 9.17) is 5.73 Å². The van der Waals surface area contributed by atoms with E-state index in [1.54, 1.807) is 12.1 Å². The van der Waals surface area contributed by atoms with Crippen molar-refractivity contribution in [1.82, 2.24) is 5.43 Å². The van der Waals surface area contributed by atoms with Gasteiger partial charge in [-0.2, -0.15) is 5.10 Å². The van der Waals surface area contributed by atoms with Crippen molar-refractivity contribution in [3.05, 3.63) is 29.8 Å². The number of hydrazone groups is 1. The molecule has 1 heterocycles. The van der Waals surface area contributed by atoms with Crippen LogP contribution in [-0.4, -0.2) is 11.6 Å². The first kappa shape index (κ1) is 9.71. The largest absolute Gasteiger partial charge is 0.399 e. The van der Waals surface area contributed by atoms with Crippen LogP contribution >= 0.6 is 0 Å². The zero-order valence-electron chi connectivity index (χ0n) is 8.74. The predicted molar refractivity (Wildman–Crippen MR) is 59.3 cm³/mol. The molecule has 1 aliphatic heterocycles. The van der Waals surface area contributed by atoms with Crippen molar-refractivity contribution >= 4 is 17.3 Å². The molecule has 1 aromatic rings. The molecular formula is C11H13N3O. The van der Waals surface area contributed by atoms with Crippen LogP contribution in [0.3, 0.4) is 0 Å². The van der Waals surface area contributed by atoms with Crippen molar-refractivity contribution < 1.29 is 4.79 Å². The Hall–Kier alpha value is -1.84. The van der Waals surface area contributed by atoms with Crippen LogP contribution in [0.25, 0.3) is 0 Å². The molecule has 0 bridgehead atoms. The van der Waals surface area contributed by atoms with Gasteiger partial charge in [0.1, 0.15) is 0 Å². The van der Waals surface area contributed by atoms with E-state index in [1.807, 2.05) is 26.0 Å². The average Bonchev–Trinajstić information content (AvgIpc) is 2.44. The molecule has 0 saturated carbocycles. The molecule has 0 spiro atoms. The Morgan fingerprint density at radius 3 is 2.33 bits per heavy atom. The Bertz CT molecular complexity index is 432. The lowest BCUT2D eigenvalue weighted by Crippen LogP contribution is -2.32. The highest BCUT2D eigenvalue weighted by atomic mass is 16.2. The molecule has 0 atom stereocenters. The Kier molecular flexibility index (Phi) is 2.00. The van der Waals surface area contributed by atoms with Gasteiger partial charge in [-0.05, 0) is 31.5 Å². The summed E-state index contributed by atoms with van der Waals surface area (Å²) in [7, 11) is 0. The number of nitrogen functional groups attached to an aromatic ring is 1. The van der Waals surface area contributed by atoms with Crippen LogP contribution in [0.15, 0.2) is 29.4 Å². The van der Waals surface area contributed by atoms with E-state index >= 15 is 0 Å². The Morgan fingerprint density at radius 1 is 1.27 bits per heavy atom. The number of hydrogen-bond acceptors (Lipinski definition) is 3. The predicted octanol–water partition coefficient (Wildman–Crippen LogP) is 1.13. The first-order valence-electron chi connectivity index (χ1n) is 4.76. The molecule has 15 heavy (non-hydrogen) atoms. The summed E-state index contributed by atoms with van der Waals surface area (Å²) >= 11 is 0. The summed E-state index contributed by atoms with van der Waals surface area (Å²) in [6.07, 6.45) is 0. The molecule has 4 nitrogen and oxygen atoms in total. The summed E-state index contributed by atoms with van der Waals surface area (Å²) in [6, 6.07) is 7.35. The second kappa shape index (κ2) is 3.08. The minimum Gasteiger partial charge on any atom is -0.399 e. The number of nitrogens with zero attached hydrogens (tertiary/aromatic N) is 1. The summed E-state index contributed by atoms with van der Waals surface area (Å²) in [4.78, 5) is 11.5. The van der Waals surface area contributed by atoms with Gasteiger partial charge < -0.3 is 5.73 Å². The Labute approximate surface area is 88.2 Å². The van der Waals surface area contributed by atoms with Crippen molar-refractivity contribution in [3.8, 4) is 0 Å². The first-order chi connectivity index (χ1) is 7.01. The summed E-state index contributed by atoms with van der Waals surface area (Å²) in [5.74, 6) is -0.0747. The number of carbonyl (C=O) groups is 1. The number of anilines is 1. The molecule has 1 amide bonds. The zero-order valence-corrected chi connectivity index (χ0v) is 8.74. The number of nitrogens with one attached hydrogen (secondary N) is 1. The van der Waals surface area contributed by atoms with Crippen LogP contribution in [0.5, 0.6) is 0 Å². The van der Waals surface area contributed by atoms with Gasteiger partial charge in [0.05, 0.1) is 11.1 Å². The molecule has 78 valence electrons. The van der Waals surface area contributed by atoms with E-state index in [0.717, 1.165) is 11.3 Å². The van der Waals surface area contributed by atoms with Crippen molar-refractivity contribution in [2.75, 3.05) is 5.73 Å². The molecule has 1 aliphatic rings. The average molecular weight is 203 g/mol. The fraction of sp³-hybridized carbons (Fsp3) is 0.273. The third kappa shape index (κ3) is 1.48. The summed E-state index contributed by atoms with van der Waals surface area (Å²) in [5.41, 5.74) is 9.90. The number of carbonyl (C=O) groups excluding carboxylic acids is 1. The van der Waals surface area contributed by atoms with Crippen LogP contribution < -0.4 is 11.2 Å². The van der Waals surface area contributed by atoms with E-state index in [9.17, 15) is 4.79 Å². The molecule has 0 saturated heterocycles. The van der Waals surface area contributed by atoms with Gasteiger partial charge in [0, 0.05) is 5.69 Å². The maximum atomic E-state index is 11.5. The maximum Gasteiger partial charge on any atom is 0.251 e. The molecule has 0 unspecified atom stereocenters. The summed E-state index contributed by atoms with van der Waals surface area (Å²) < 4.78 is 0. The van der Waals surface area contributed by atoms with Gasteiger partial charge in [0.15, 0.2) is 0 Å². The van der Waals surface area contributed by atoms with Crippen molar-refractivity contribution in [3.63, 3.8) is 0 Å². The normalized spacial score (nSPS) is 18.5. The topological polar surface area (TPSA) is 67.5 Å².